The maximum absolute atomic E-state index is 12.5. The molecule has 0 radical (unpaired) electrons. The van der Waals surface area contributed by atoms with Crippen LogP contribution in [0.3, 0.4) is 0 Å². The van der Waals surface area contributed by atoms with Crippen LogP contribution in [0.25, 0.3) is 0 Å². The molecule has 0 heterocycles. The van der Waals surface area contributed by atoms with Crippen molar-refractivity contribution < 1.29 is 34.2 Å². The van der Waals surface area contributed by atoms with Gasteiger partial charge in [0.05, 0.1) is 6.04 Å². The van der Waals surface area contributed by atoms with E-state index < -0.39 is 60.2 Å². The zero-order valence-electron chi connectivity index (χ0n) is 16.4. The number of nitrogens with one attached hydrogen (secondary N) is 3. The Morgan fingerprint density at radius 3 is 1.87 bits per heavy atom. The maximum Gasteiger partial charge on any atom is 0.326 e. The highest BCUT2D eigenvalue weighted by molar-refractivity contribution is 7.98. The summed E-state index contributed by atoms with van der Waals surface area (Å²) in [4.78, 5) is 58.9. The standard InChI is InChI=1S/C16H28N4O7S3/c1-30-5-4-9(14(24)19-10(16(26)27)2-3-12(21)22)18-15(25)11(7-29)20-13(23)8(17)6-28/h8-11,28-29H,2-7,17H2,1H3,(H,18,25)(H,19,24)(H,20,23)(H,21,22)(H,26,27). The van der Waals surface area contributed by atoms with Crippen LogP contribution in [-0.2, 0) is 24.0 Å². The van der Waals surface area contributed by atoms with Gasteiger partial charge in [-0.2, -0.15) is 37.0 Å². The van der Waals surface area contributed by atoms with Crippen LogP contribution in [0.5, 0.6) is 0 Å². The van der Waals surface area contributed by atoms with Crippen molar-refractivity contribution in [2.75, 3.05) is 23.5 Å². The second kappa shape index (κ2) is 15.2. The lowest BCUT2D eigenvalue weighted by Gasteiger charge is -2.24. The van der Waals surface area contributed by atoms with Crippen molar-refractivity contribution in [3.63, 3.8) is 0 Å². The minimum absolute atomic E-state index is 0.0654. The van der Waals surface area contributed by atoms with Crippen LogP contribution in [0, 0.1) is 0 Å². The highest BCUT2D eigenvalue weighted by atomic mass is 32.2. The number of hydrogen-bond acceptors (Lipinski definition) is 9. The molecule has 172 valence electrons. The summed E-state index contributed by atoms with van der Waals surface area (Å²) in [6, 6.07) is -4.51. The lowest BCUT2D eigenvalue weighted by Crippen LogP contribution is -2.58. The van der Waals surface area contributed by atoms with Crippen LogP contribution >= 0.6 is 37.0 Å². The molecule has 14 heteroatoms. The Labute approximate surface area is 189 Å². The van der Waals surface area contributed by atoms with Gasteiger partial charge in [0.2, 0.25) is 17.7 Å². The van der Waals surface area contributed by atoms with E-state index in [1.807, 2.05) is 0 Å². The molecule has 0 bridgehead atoms. The number of hydrogen-bond donors (Lipinski definition) is 8. The Balaban J connectivity index is 5.20. The molecule has 0 aliphatic carbocycles. The first-order chi connectivity index (χ1) is 14.1. The average Bonchev–Trinajstić information content (AvgIpc) is 2.70. The largest absolute Gasteiger partial charge is 0.481 e. The molecule has 30 heavy (non-hydrogen) atoms. The summed E-state index contributed by atoms with van der Waals surface area (Å²) in [5, 5.41) is 25.1. The van der Waals surface area contributed by atoms with Gasteiger partial charge in [-0.1, -0.05) is 0 Å². The first-order valence-corrected chi connectivity index (χ1v) is 11.5. The molecule has 0 fully saturated rings. The third-order valence-electron chi connectivity index (χ3n) is 3.85. The third-order valence-corrected chi connectivity index (χ3v) is 5.26. The van der Waals surface area contributed by atoms with Crippen molar-refractivity contribution in [2.24, 2.45) is 5.73 Å². The molecule has 0 aromatic rings. The van der Waals surface area contributed by atoms with E-state index in [2.05, 4.69) is 41.2 Å². The highest BCUT2D eigenvalue weighted by Gasteiger charge is 2.29. The summed E-state index contributed by atoms with van der Waals surface area (Å²) in [6.45, 7) is 0. The fourth-order valence-corrected chi connectivity index (χ4v) is 3.02. The number of thiol groups is 2. The first-order valence-electron chi connectivity index (χ1n) is 8.89. The van der Waals surface area contributed by atoms with Gasteiger partial charge in [0.1, 0.15) is 18.1 Å². The summed E-state index contributed by atoms with van der Waals surface area (Å²) in [6.07, 6.45) is 1.22. The van der Waals surface area contributed by atoms with Crippen molar-refractivity contribution >= 4 is 66.7 Å². The van der Waals surface area contributed by atoms with Gasteiger partial charge in [0, 0.05) is 17.9 Å². The summed E-state index contributed by atoms with van der Waals surface area (Å²) < 4.78 is 0. The molecule has 3 amide bonds. The van der Waals surface area contributed by atoms with Crippen LogP contribution < -0.4 is 21.7 Å². The zero-order chi connectivity index (χ0) is 23.3. The lowest BCUT2D eigenvalue weighted by molar-refractivity contribution is -0.143. The topological polar surface area (TPSA) is 188 Å². The van der Waals surface area contributed by atoms with E-state index in [0.29, 0.717) is 5.75 Å². The van der Waals surface area contributed by atoms with Crippen LogP contribution in [-0.4, -0.2) is 87.6 Å². The Morgan fingerprint density at radius 2 is 1.40 bits per heavy atom. The Morgan fingerprint density at radius 1 is 0.867 bits per heavy atom. The zero-order valence-corrected chi connectivity index (χ0v) is 19.0. The molecular formula is C16H28N4O7S3. The van der Waals surface area contributed by atoms with Gasteiger partial charge < -0.3 is 31.9 Å². The minimum Gasteiger partial charge on any atom is -0.481 e. The maximum atomic E-state index is 12.5. The molecule has 0 saturated carbocycles. The van der Waals surface area contributed by atoms with Gasteiger partial charge in [-0.25, -0.2) is 4.79 Å². The minimum atomic E-state index is -1.42. The fourth-order valence-electron chi connectivity index (χ4n) is 2.13. The van der Waals surface area contributed by atoms with Gasteiger partial charge in [0.25, 0.3) is 0 Å². The number of thioether (sulfide) groups is 1. The van der Waals surface area contributed by atoms with Crippen molar-refractivity contribution in [3.05, 3.63) is 0 Å². The van der Waals surface area contributed by atoms with Crippen LogP contribution in [0.1, 0.15) is 19.3 Å². The number of amides is 3. The smallest absolute Gasteiger partial charge is 0.326 e. The van der Waals surface area contributed by atoms with E-state index >= 15 is 0 Å². The van der Waals surface area contributed by atoms with E-state index in [1.165, 1.54) is 11.8 Å². The lowest BCUT2D eigenvalue weighted by atomic mass is 10.1. The summed E-state index contributed by atoms with van der Waals surface area (Å²) >= 11 is 9.35. The second-order valence-corrected chi connectivity index (χ2v) is 7.92. The molecule has 4 atom stereocenters. The molecule has 0 aliphatic rings. The van der Waals surface area contributed by atoms with E-state index in [4.69, 9.17) is 10.8 Å². The molecule has 0 aromatic heterocycles. The summed E-state index contributed by atoms with van der Waals surface area (Å²) in [5.41, 5.74) is 5.56. The Hall–Kier alpha value is -1.64. The molecule has 4 unspecified atom stereocenters. The predicted octanol–water partition coefficient (Wildman–Crippen LogP) is -1.67. The van der Waals surface area contributed by atoms with Gasteiger partial charge in [-0.05, 0) is 24.9 Å². The Bertz CT molecular complexity index is 624. The van der Waals surface area contributed by atoms with Crippen LogP contribution in [0.15, 0.2) is 0 Å². The van der Waals surface area contributed by atoms with Gasteiger partial charge in [-0.15, -0.1) is 0 Å². The monoisotopic (exact) mass is 484 g/mol. The molecule has 0 rings (SSSR count). The normalized spacial score (nSPS) is 14.7. The third kappa shape index (κ3) is 10.9. The summed E-state index contributed by atoms with van der Waals surface area (Å²) in [7, 11) is 0. The second-order valence-electron chi connectivity index (χ2n) is 6.21. The molecule has 11 nitrogen and oxygen atoms in total. The molecule has 7 N–H and O–H groups in total. The molecule has 0 aliphatic heterocycles. The van der Waals surface area contributed by atoms with Crippen LogP contribution in [0.2, 0.25) is 0 Å². The van der Waals surface area contributed by atoms with Gasteiger partial charge >= 0.3 is 11.9 Å². The Kier molecular flexibility index (Phi) is 14.4. The number of nitrogens with two attached hydrogens (primary N) is 1. The average molecular weight is 485 g/mol. The number of rotatable bonds is 15. The number of carbonyl (C=O) groups excluding carboxylic acids is 3. The number of carboxylic acid groups (broad SMARTS) is 2. The SMILES string of the molecule is CSCCC(NC(=O)C(CS)NC(=O)C(N)CS)C(=O)NC(CCC(=O)O)C(=O)O. The van der Waals surface area contributed by atoms with E-state index in [1.54, 1.807) is 6.26 Å². The predicted molar refractivity (Wildman–Crippen MR) is 119 cm³/mol. The fraction of sp³-hybridized carbons (Fsp3) is 0.688. The van der Waals surface area contributed by atoms with Crippen molar-refractivity contribution in [3.8, 4) is 0 Å². The molecule has 0 spiro atoms. The van der Waals surface area contributed by atoms with Crippen molar-refractivity contribution in [1.29, 1.82) is 0 Å². The van der Waals surface area contributed by atoms with E-state index in [9.17, 15) is 29.1 Å². The molecule has 0 saturated heterocycles. The number of carbonyl (C=O) groups is 5. The van der Waals surface area contributed by atoms with Gasteiger partial charge in [-0.3, -0.25) is 19.2 Å². The van der Waals surface area contributed by atoms with Crippen molar-refractivity contribution in [1.82, 2.24) is 16.0 Å². The number of aliphatic carboxylic acids is 2. The van der Waals surface area contributed by atoms with E-state index in [-0.39, 0.29) is 24.3 Å². The highest BCUT2D eigenvalue weighted by Crippen LogP contribution is 2.05. The van der Waals surface area contributed by atoms with Crippen molar-refractivity contribution in [2.45, 2.75) is 43.4 Å². The van der Waals surface area contributed by atoms with Gasteiger partial charge in [0.15, 0.2) is 0 Å². The molecule has 0 aromatic carbocycles. The van der Waals surface area contributed by atoms with E-state index in [0.717, 1.165) is 0 Å². The quantitative estimate of drug-likeness (QED) is 0.126. The summed E-state index contributed by atoms with van der Waals surface area (Å²) in [5.74, 6) is -4.18. The van der Waals surface area contributed by atoms with Crippen LogP contribution in [0.4, 0.5) is 0 Å². The number of carboxylic acids is 2. The molecular weight excluding hydrogens is 456 g/mol. The first kappa shape index (κ1) is 28.4.